The van der Waals surface area contributed by atoms with Gasteiger partial charge in [0.15, 0.2) is 0 Å². The molecule has 1 aromatic heterocycles. The lowest BCUT2D eigenvalue weighted by Gasteiger charge is -2.18. The third-order valence-corrected chi connectivity index (χ3v) is 6.04. The summed E-state index contributed by atoms with van der Waals surface area (Å²) in [7, 11) is 0. The van der Waals surface area contributed by atoms with Gasteiger partial charge in [-0.15, -0.1) is 10.2 Å². The van der Waals surface area contributed by atoms with Crippen LogP contribution in [0.2, 0.25) is 5.02 Å². The molecule has 1 unspecified atom stereocenters. The Labute approximate surface area is 179 Å². The van der Waals surface area contributed by atoms with E-state index in [1.54, 1.807) is 0 Å². The summed E-state index contributed by atoms with van der Waals surface area (Å²) in [4.78, 5) is 12.8. The molecule has 2 aromatic rings. The molecule has 1 atom stereocenters. The van der Waals surface area contributed by atoms with Gasteiger partial charge in [-0.05, 0) is 56.2 Å². The van der Waals surface area contributed by atoms with Crippen LogP contribution in [0.5, 0.6) is 0 Å². The maximum absolute atomic E-state index is 12.8. The zero-order chi connectivity index (χ0) is 21.0. The molecule has 0 spiro atoms. The van der Waals surface area contributed by atoms with Crippen LogP contribution in [0.1, 0.15) is 88.5 Å². The third-order valence-electron chi connectivity index (χ3n) is 5.63. The van der Waals surface area contributed by atoms with Crippen LogP contribution in [0.15, 0.2) is 18.2 Å². The Balaban J connectivity index is 1.77. The predicted molar refractivity (Wildman–Crippen MR) is 119 cm³/mol. The molecule has 1 amide bonds. The molecule has 1 saturated carbocycles. The molecule has 0 saturated heterocycles. The number of nitrogens with one attached hydrogen (secondary N) is 1. The number of carbonyl (C=O) groups is 1. The second kappa shape index (κ2) is 9.75. The summed E-state index contributed by atoms with van der Waals surface area (Å²) >= 11 is 6.19. The van der Waals surface area contributed by atoms with Gasteiger partial charge in [0, 0.05) is 35.5 Å². The Bertz CT molecular complexity index is 841. The first-order valence-corrected chi connectivity index (χ1v) is 11.3. The number of halogens is 1. The van der Waals surface area contributed by atoms with Crippen LogP contribution in [-0.4, -0.2) is 20.7 Å². The second-order valence-electron chi connectivity index (χ2n) is 8.66. The predicted octanol–water partition coefficient (Wildman–Crippen LogP) is 6.08. The highest BCUT2D eigenvalue weighted by molar-refractivity contribution is 6.31. The maximum atomic E-state index is 12.8. The average Bonchev–Trinajstić information content (AvgIpc) is 3.42. The largest absolute Gasteiger partial charge is 0.326 e. The van der Waals surface area contributed by atoms with Crippen molar-refractivity contribution >= 4 is 23.2 Å². The van der Waals surface area contributed by atoms with Gasteiger partial charge >= 0.3 is 0 Å². The van der Waals surface area contributed by atoms with Crippen LogP contribution in [0.4, 0.5) is 5.69 Å². The Hall–Kier alpha value is -1.88. The molecule has 1 fully saturated rings. The fraction of sp³-hybridized carbons (Fsp3) is 0.609. The summed E-state index contributed by atoms with van der Waals surface area (Å²) in [5.74, 6) is 2.80. The molecular formula is C23H33ClN4O. The highest BCUT2D eigenvalue weighted by Gasteiger charge is 2.32. The van der Waals surface area contributed by atoms with Gasteiger partial charge in [-0.2, -0.15) is 0 Å². The number of aryl methyl sites for hydroxylation is 1. The third kappa shape index (κ3) is 5.59. The van der Waals surface area contributed by atoms with Crippen molar-refractivity contribution in [3.63, 3.8) is 0 Å². The van der Waals surface area contributed by atoms with E-state index in [0.717, 1.165) is 48.6 Å². The Morgan fingerprint density at radius 3 is 2.69 bits per heavy atom. The van der Waals surface area contributed by atoms with E-state index in [-0.39, 0.29) is 11.8 Å². The standard InChI is InChI=1S/C23H33ClN4O/c1-5-7-17(14-22(29)25-20-9-6-8-19(24)16(20)4)23-27-26-21(13-10-15(2)3)28(23)18-11-12-18/h6,8-9,15,17-18H,5,7,10-14H2,1-4H3,(H,25,29). The van der Waals surface area contributed by atoms with Crippen molar-refractivity contribution < 1.29 is 4.79 Å². The topological polar surface area (TPSA) is 59.8 Å². The highest BCUT2D eigenvalue weighted by atomic mass is 35.5. The zero-order valence-electron chi connectivity index (χ0n) is 18.0. The van der Waals surface area contributed by atoms with Gasteiger partial charge in [0.05, 0.1) is 0 Å². The summed E-state index contributed by atoms with van der Waals surface area (Å²) < 4.78 is 2.35. The average molecular weight is 417 g/mol. The van der Waals surface area contributed by atoms with E-state index < -0.39 is 0 Å². The monoisotopic (exact) mass is 416 g/mol. The van der Waals surface area contributed by atoms with Crippen molar-refractivity contribution in [2.75, 3.05) is 5.32 Å². The number of benzene rings is 1. The van der Waals surface area contributed by atoms with Crippen LogP contribution in [0.25, 0.3) is 0 Å². The van der Waals surface area contributed by atoms with Gasteiger partial charge < -0.3 is 9.88 Å². The van der Waals surface area contributed by atoms with Gasteiger partial charge in [-0.1, -0.05) is 44.9 Å². The Morgan fingerprint density at radius 1 is 1.28 bits per heavy atom. The van der Waals surface area contributed by atoms with Crippen molar-refractivity contribution in [2.24, 2.45) is 5.92 Å². The fourth-order valence-corrected chi connectivity index (χ4v) is 3.95. The lowest BCUT2D eigenvalue weighted by Crippen LogP contribution is -2.19. The van der Waals surface area contributed by atoms with E-state index >= 15 is 0 Å². The second-order valence-corrected chi connectivity index (χ2v) is 9.07. The van der Waals surface area contributed by atoms with Gasteiger partial charge in [0.1, 0.15) is 11.6 Å². The Morgan fingerprint density at radius 2 is 2.03 bits per heavy atom. The number of carbonyl (C=O) groups excluding carboxylic acids is 1. The van der Waals surface area contributed by atoms with E-state index in [1.807, 2.05) is 25.1 Å². The normalized spacial score (nSPS) is 15.0. The highest BCUT2D eigenvalue weighted by Crippen LogP contribution is 2.39. The van der Waals surface area contributed by atoms with Gasteiger partial charge in [0.25, 0.3) is 0 Å². The minimum Gasteiger partial charge on any atom is -0.326 e. The molecule has 1 aliphatic rings. The molecule has 0 radical (unpaired) electrons. The molecule has 158 valence electrons. The Kier molecular flexibility index (Phi) is 7.33. The van der Waals surface area contributed by atoms with E-state index in [1.165, 1.54) is 12.8 Å². The number of amides is 1. The molecule has 0 bridgehead atoms. The van der Waals surface area contributed by atoms with Crippen molar-refractivity contribution in [1.82, 2.24) is 14.8 Å². The maximum Gasteiger partial charge on any atom is 0.225 e. The number of hydrogen-bond acceptors (Lipinski definition) is 3. The van der Waals surface area contributed by atoms with Crippen molar-refractivity contribution in [2.45, 2.75) is 84.6 Å². The summed E-state index contributed by atoms with van der Waals surface area (Å²) in [6.45, 7) is 8.55. The molecule has 0 aliphatic heterocycles. The number of nitrogens with zero attached hydrogens (tertiary/aromatic N) is 3. The van der Waals surface area contributed by atoms with Crippen molar-refractivity contribution in [3.8, 4) is 0 Å². The molecule has 1 heterocycles. The first-order valence-electron chi connectivity index (χ1n) is 10.9. The number of anilines is 1. The quantitative estimate of drug-likeness (QED) is 0.510. The van der Waals surface area contributed by atoms with Crippen LogP contribution >= 0.6 is 11.6 Å². The van der Waals surface area contributed by atoms with Gasteiger partial charge in [-0.3, -0.25) is 4.79 Å². The lowest BCUT2D eigenvalue weighted by molar-refractivity contribution is -0.116. The molecule has 3 rings (SSSR count). The number of aromatic nitrogens is 3. The van der Waals surface area contributed by atoms with Crippen LogP contribution in [0, 0.1) is 12.8 Å². The molecule has 1 aliphatic carbocycles. The van der Waals surface area contributed by atoms with Crippen LogP contribution in [-0.2, 0) is 11.2 Å². The van der Waals surface area contributed by atoms with Gasteiger partial charge in [-0.25, -0.2) is 0 Å². The van der Waals surface area contributed by atoms with Crippen molar-refractivity contribution in [3.05, 3.63) is 40.4 Å². The van der Waals surface area contributed by atoms with Gasteiger partial charge in [0.2, 0.25) is 5.91 Å². The van der Waals surface area contributed by atoms with E-state index in [0.29, 0.717) is 23.4 Å². The van der Waals surface area contributed by atoms with E-state index in [4.69, 9.17) is 11.6 Å². The SMILES string of the molecule is CCCC(CC(=O)Nc1cccc(Cl)c1C)c1nnc(CCC(C)C)n1C1CC1. The van der Waals surface area contributed by atoms with Crippen molar-refractivity contribution in [1.29, 1.82) is 0 Å². The molecule has 29 heavy (non-hydrogen) atoms. The molecule has 6 heteroatoms. The molecule has 5 nitrogen and oxygen atoms in total. The smallest absolute Gasteiger partial charge is 0.225 e. The number of hydrogen-bond donors (Lipinski definition) is 1. The summed E-state index contributed by atoms with van der Waals surface area (Å²) in [5.41, 5.74) is 1.67. The van der Waals surface area contributed by atoms with E-state index in [9.17, 15) is 4.79 Å². The van der Waals surface area contributed by atoms with E-state index in [2.05, 4.69) is 40.9 Å². The summed E-state index contributed by atoms with van der Waals surface area (Å²) in [5, 5.41) is 12.8. The summed E-state index contributed by atoms with van der Waals surface area (Å²) in [6, 6.07) is 6.10. The first-order chi connectivity index (χ1) is 13.9. The zero-order valence-corrected chi connectivity index (χ0v) is 18.8. The molecular weight excluding hydrogens is 384 g/mol. The lowest BCUT2D eigenvalue weighted by atomic mass is 9.97. The minimum absolute atomic E-state index is 0.00268. The minimum atomic E-state index is 0.00268. The van der Waals surface area contributed by atoms with Crippen LogP contribution < -0.4 is 5.32 Å². The van der Waals surface area contributed by atoms with Crippen LogP contribution in [0.3, 0.4) is 0 Å². The number of rotatable bonds is 10. The molecule has 1 N–H and O–H groups in total. The first kappa shape index (κ1) is 21.8. The fourth-order valence-electron chi connectivity index (χ4n) is 3.77. The molecule has 1 aromatic carbocycles. The summed E-state index contributed by atoms with van der Waals surface area (Å²) in [6.07, 6.45) is 6.78.